The first-order valence-corrected chi connectivity index (χ1v) is 15.2. The summed E-state index contributed by atoms with van der Waals surface area (Å²) in [4.78, 5) is 40.9. The molecule has 0 spiro atoms. The van der Waals surface area contributed by atoms with E-state index in [1.807, 2.05) is 0 Å². The standard InChI is InChI=1S/C32H31F3N4O3S/c1-18(2)22-15-26(43-17-22)31(9-10-31)30-37-24-7-4-12-39(16-23(24)28(41)38-30)29(42)27(40)21-6-3-5-19(13-21)20-8-11-36-25(14-20)32(33,34)35/h3,5-6,8,11,13-15,17-18,27,40H,4,7,9-10,12,16H2,1-2H3,(H,37,38,41). The summed E-state index contributed by atoms with van der Waals surface area (Å²) >= 11 is 1.70. The van der Waals surface area contributed by atoms with Crippen LogP contribution in [0.5, 0.6) is 0 Å². The first kappa shape index (κ1) is 29.3. The minimum absolute atomic E-state index is 0.0102. The van der Waals surface area contributed by atoms with Gasteiger partial charge in [-0.05, 0) is 83.5 Å². The third kappa shape index (κ3) is 5.63. The molecule has 224 valence electrons. The predicted octanol–water partition coefficient (Wildman–Crippen LogP) is 6.12. The number of rotatable bonds is 6. The van der Waals surface area contributed by atoms with E-state index in [0.717, 1.165) is 25.1 Å². The van der Waals surface area contributed by atoms with Crippen LogP contribution in [-0.4, -0.2) is 37.4 Å². The molecular weight excluding hydrogens is 577 g/mol. The van der Waals surface area contributed by atoms with Crippen LogP contribution < -0.4 is 5.56 Å². The van der Waals surface area contributed by atoms with E-state index in [-0.39, 0.29) is 28.6 Å². The van der Waals surface area contributed by atoms with Crippen molar-refractivity contribution in [3.63, 3.8) is 0 Å². The van der Waals surface area contributed by atoms with E-state index in [2.05, 4.69) is 35.3 Å². The second kappa shape index (κ2) is 11.0. The van der Waals surface area contributed by atoms with E-state index in [9.17, 15) is 27.9 Å². The third-order valence-electron chi connectivity index (χ3n) is 8.38. The van der Waals surface area contributed by atoms with Crippen molar-refractivity contribution in [2.75, 3.05) is 6.54 Å². The van der Waals surface area contributed by atoms with Gasteiger partial charge in [0.25, 0.3) is 11.5 Å². The van der Waals surface area contributed by atoms with Gasteiger partial charge in [-0.2, -0.15) is 13.2 Å². The number of pyridine rings is 1. The lowest BCUT2D eigenvalue weighted by Gasteiger charge is -2.24. The van der Waals surface area contributed by atoms with Crippen molar-refractivity contribution in [1.29, 1.82) is 0 Å². The minimum atomic E-state index is -4.60. The molecule has 43 heavy (non-hydrogen) atoms. The van der Waals surface area contributed by atoms with E-state index in [4.69, 9.17) is 4.98 Å². The van der Waals surface area contributed by atoms with Crippen LogP contribution >= 0.6 is 11.3 Å². The highest BCUT2D eigenvalue weighted by atomic mass is 32.1. The molecule has 1 aliphatic carbocycles. The number of H-pyrrole nitrogens is 1. The van der Waals surface area contributed by atoms with Gasteiger partial charge in [-0.25, -0.2) is 4.98 Å². The first-order chi connectivity index (χ1) is 20.5. The molecular formula is C32H31F3N4O3S. The number of carbonyl (C=O) groups is 1. The molecule has 1 aromatic carbocycles. The Bertz CT molecular complexity index is 1740. The Morgan fingerprint density at radius 3 is 2.58 bits per heavy atom. The van der Waals surface area contributed by atoms with E-state index < -0.39 is 23.9 Å². The highest BCUT2D eigenvalue weighted by Gasteiger charge is 2.50. The number of aryl methyl sites for hydroxylation is 1. The molecule has 7 nitrogen and oxygen atoms in total. The summed E-state index contributed by atoms with van der Waals surface area (Å²) in [6.07, 6.45) is -2.14. The average molecular weight is 609 g/mol. The van der Waals surface area contributed by atoms with Crippen molar-refractivity contribution < 1.29 is 23.1 Å². The first-order valence-electron chi connectivity index (χ1n) is 14.3. The van der Waals surface area contributed by atoms with Gasteiger partial charge in [0.15, 0.2) is 6.10 Å². The highest BCUT2D eigenvalue weighted by molar-refractivity contribution is 7.10. The fraction of sp³-hybridized carbons (Fsp3) is 0.375. The maximum Gasteiger partial charge on any atom is 0.433 e. The van der Waals surface area contributed by atoms with E-state index in [1.165, 1.54) is 27.5 Å². The average Bonchev–Trinajstić information content (AvgIpc) is 3.70. The number of halogens is 3. The van der Waals surface area contributed by atoms with Gasteiger partial charge in [0, 0.05) is 17.6 Å². The van der Waals surface area contributed by atoms with E-state index >= 15 is 0 Å². The van der Waals surface area contributed by atoms with Crippen LogP contribution in [0.2, 0.25) is 0 Å². The van der Waals surface area contributed by atoms with Gasteiger partial charge in [-0.15, -0.1) is 11.3 Å². The largest absolute Gasteiger partial charge is 0.433 e. The normalized spacial score (nSPS) is 17.0. The Morgan fingerprint density at radius 2 is 1.88 bits per heavy atom. The summed E-state index contributed by atoms with van der Waals surface area (Å²) in [6.45, 7) is 4.65. The number of carbonyl (C=O) groups excluding carboxylic acids is 1. The van der Waals surface area contributed by atoms with Crippen LogP contribution in [0.4, 0.5) is 13.2 Å². The van der Waals surface area contributed by atoms with Gasteiger partial charge in [0.05, 0.1) is 23.2 Å². The van der Waals surface area contributed by atoms with Crippen molar-refractivity contribution in [3.05, 3.63) is 103 Å². The number of benzene rings is 1. The van der Waals surface area contributed by atoms with Crippen LogP contribution in [-0.2, 0) is 29.4 Å². The molecule has 1 aliphatic heterocycles. The third-order valence-corrected chi connectivity index (χ3v) is 9.54. The number of aromatic nitrogens is 3. The number of nitrogens with zero attached hydrogens (tertiary/aromatic N) is 3. The molecule has 1 atom stereocenters. The lowest BCUT2D eigenvalue weighted by molar-refractivity contribution is -0.141. The van der Waals surface area contributed by atoms with Crippen LogP contribution in [0, 0.1) is 0 Å². The molecule has 0 saturated heterocycles. The number of hydrogen-bond acceptors (Lipinski definition) is 6. The second-order valence-corrected chi connectivity index (χ2v) is 12.6. The monoisotopic (exact) mass is 608 g/mol. The van der Waals surface area contributed by atoms with Gasteiger partial charge in [-0.3, -0.25) is 14.6 Å². The van der Waals surface area contributed by atoms with Gasteiger partial charge < -0.3 is 15.0 Å². The van der Waals surface area contributed by atoms with E-state index in [0.29, 0.717) is 47.9 Å². The molecule has 11 heteroatoms. The molecule has 0 radical (unpaired) electrons. The molecule has 1 saturated carbocycles. The molecule has 2 N–H and O–H groups in total. The van der Waals surface area contributed by atoms with Gasteiger partial charge >= 0.3 is 6.18 Å². The summed E-state index contributed by atoms with van der Waals surface area (Å²) in [6, 6.07) is 10.8. The zero-order valence-electron chi connectivity index (χ0n) is 23.7. The maximum absolute atomic E-state index is 13.5. The Morgan fingerprint density at radius 1 is 1.12 bits per heavy atom. The molecule has 4 aromatic rings. The lowest BCUT2D eigenvalue weighted by atomic mass is 9.99. The summed E-state index contributed by atoms with van der Waals surface area (Å²) in [5.41, 5.74) is 1.70. The lowest BCUT2D eigenvalue weighted by Crippen LogP contribution is -2.36. The quantitative estimate of drug-likeness (QED) is 0.275. The molecule has 6 rings (SSSR count). The topological polar surface area (TPSA) is 99.2 Å². The summed E-state index contributed by atoms with van der Waals surface area (Å²) in [7, 11) is 0. The maximum atomic E-state index is 13.5. The number of thiophene rings is 1. The summed E-state index contributed by atoms with van der Waals surface area (Å²) in [5, 5.41) is 13.2. The Labute approximate surface area is 250 Å². The van der Waals surface area contributed by atoms with Crippen molar-refractivity contribution in [3.8, 4) is 11.1 Å². The highest BCUT2D eigenvalue weighted by Crippen LogP contribution is 2.54. The van der Waals surface area contributed by atoms with Crippen molar-refractivity contribution in [1.82, 2.24) is 19.9 Å². The Hall–Kier alpha value is -3.83. The molecule has 2 aliphatic rings. The number of amides is 1. The molecule has 3 aromatic heterocycles. The number of fused-ring (bicyclic) bond motifs is 1. The van der Waals surface area contributed by atoms with Crippen LogP contribution in [0.25, 0.3) is 11.1 Å². The van der Waals surface area contributed by atoms with Crippen LogP contribution in [0.15, 0.2) is 58.8 Å². The SMILES string of the molecule is CC(C)c1csc(C2(c3nc4c(c(=O)[nH]3)CN(C(=O)C(O)c3cccc(-c5ccnc(C(F)(F)F)c5)c3)CCC4)CC2)c1. The zero-order valence-corrected chi connectivity index (χ0v) is 24.6. The van der Waals surface area contributed by atoms with Crippen molar-refractivity contribution >= 4 is 17.2 Å². The number of hydrogen-bond donors (Lipinski definition) is 2. The predicted molar refractivity (Wildman–Crippen MR) is 157 cm³/mol. The van der Waals surface area contributed by atoms with Crippen LogP contribution in [0.1, 0.15) is 83.9 Å². The fourth-order valence-corrected chi connectivity index (χ4v) is 6.97. The van der Waals surface area contributed by atoms with Crippen molar-refractivity contribution in [2.45, 2.75) is 69.7 Å². The number of alkyl halides is 3. The Kier molecular flexibility index (Phi) is 7.50. The molecule has 4 heterocycles. The fourth-order valence-electron chi connectivity index (χ4n) is 5.63. The van der Waals surface area contributed by atoms with Gasteiger partial charge in [0.2, 0.25) is 0 Å². The number of aromatic amines is 1. The Balaban J connectivity index is 1.23. The number of aliphatic hydroxyl groups is 1. The second-order valence-electron chi connectivity index (χ2n) is 11.6. The van der Waals surface area contributed by atoms with Gasteiger partial charge in [-0.1, -0.05) is 32.0 Å². The molecule has 1 fully saturated rings. The van der Waals surface area contributed by atoms with E-state index in [1.54, 1.807) is 29.5 Å². The number of aliphatic hydroxyl groups excluding tert-OH is 1. The summed E-state index contributed by atoms with van der Waals surface area (Å²) in [5.74, 6) is 0.506. The number of nitrogens with one attached hydrogen (secondary N) is 1. The van der Waals surface area contributed by atoms with Crippen molar-refractivity contribution in [2.24, 2.45) is 0 Å². The molecule has 1 amide bonds. The van der Waals surface area contributed by atoms with Gasteiger partial charge in [0.1, 0.15) is 11.5 Å². The zero-order chi connectivity index (χ0) is 30.5. The molecule has 1 unspecified atom stereocenters. The molecule has 0 bridgehead atoms. The van der Waals surface area contributed by atoms with Crippen LogP contribution in [0.3, 0.4) is 0 Å². The minimum Gasteiger partial charge on any atom is -0.378 e. The summed E-state index contributed by atoms with van der Waals surface area (Å²) < 4.78 is 39.5. The smallest absolute Gasteiger partial charge is 0.378 e.